The Hall–Kier alpha value is -0.175. The van der Waals surface area contributed by atoms with Crippen molar-refractivity contribution in [3.63, 3.8) is 0 Å². The van der Waals surface area contributed by atoms with Crippen LogP contribution in [0.5, 0.6) is 0 Å². The molecule has 1 fully saturated rings. The zero-order chi connectivity index (χ0) is 14.3. The Morgan fingerprint density at radius 1 is 1.05 bits per heavy atom. The van der Waals surface area contributed by atoms with Crippen LogP contribution in [0, 0.1) is 0 Å². The van der Waals surface area contributed by atoms with Crippen LogP contribution in [0.15, 0.2) is 0 Å². The summed E-state index contributed by atoms with van der Waals surface area (Å²) < 4.78 is 32.1. The van der Waals surface area contributed by atoms with Gasteiger partial charge >= 0.3 is 0 Å². The fourth-order valence-corrected chi connectivity index (χ4v) is 2.12. The molecule has 6 nitrogen and oxygen atoms in total. The van der Waals surface area contributed by atoms with Crippen LogP contribution in [0.25, 0.3) is 0 Å². The zero-order valence-corrected chi connectivity index (χ0v) is 12.0. The molecule has 0 aromatic carbocycles. The van der Waals surface area contributed by atoms with Gasteiger partial charge in [0.2, 0.25) is 0 Å². The summed E-state index contributed by atoms with van der Waals surface area (Å²) in [7, 11) is 12.3. The van der Waals surface area contributed by atoms with Gasteiger partial charge in [-0.3, -0.25) is 0 Å². The van der Waals surface area contributed by atoms with Gasteiger partial charge in [-0.2, -0.15) is 0 Å². The summed E-state index contributed by atoms with van der Waals surface area (Å²) in [5.41, 5.74) is 0. The molecule has 0 spiro atoms. The number of rotatable bonds is 9. The first-order valence-electron chi connectivity index (χ1n) is 6.24. The molecule has 1 aliphatic rings. The monoisotopic (exact) mass is 274 g/mol. The van der Waals surface area contributed by atoms with Gasteiger partial charge in [-0.05, 0) is 0 Å². The van der Waals surface area contributed by atoms with Gasteiger partial charge < -0.3 is 28.4 Å². The molecular weight excluding hydrogens is 251 g/mol. The van der Waals surface area contributed by atoms with Gasteiger partial charge in [0.1, 0.15) is 32.3 Å². The molecule has 0 aromatic rings. The highest BCUT2D eigenvalue weighted by atomic mass is 16.6. The van der Waals surface area contributed by atoms with Crippen molar-refractivity contribution in [1.82, 2.24) is 0 Å². The van der Waals surface area contributed by atoms with E-state index in [1.165, 1.54) is 0 Å². The quantitative estimate of drug-likeness (QED) is 0.533. The average molecular weight is 274 g/mol. The lowest BCUT2D eigenvalue weighted by Gasteiger charge is -2.24. The van der Waals surface area contributed by atoms with Crippen molar-refractivity contribution in [1.29, 1.82) is 0 Å². The molecule has 1 aliphatic heterocycles. The first-order valence-corrected chi connectivity index (χ1v) is 6.24. The standard InChI is InChI=1S/C12H23BO6/c1-14-5-8(16-3)6-18-11-10(17-4)9(7-15-2)19-12(11)13/h8-12H,5-7H2,1-4H3/t8-,9+,10?,11-,12+/m0/s1. The molecule has 0 aromatic heterocycles. The van der Waals surface area contributed by atoms with Crippen LogP contribution in [-0.2, 0) is 28.4 Å². The lowest BCUT2D eigenvalue weighted by Crippen LogP contribution is -2.40. The van der Waals surface area contributed by atoms with Crippen molar-refractivity contribution in [2.24, 2.45) is 0 Å². The number of methoxy groups -OCH3 is 4. The summed E-state index contributed by atoms with van der Waals surface area (Å²) in [5, 5.41) is 0. The molecule has 0 N–H and O–H groups in total. The molecular formula is C12H23BO6. The van der Waals surface area contributed by atoms with Crippen molar-refractivity contribution in [3.05, 3.63) is 0 Å². The zero-order valence-electron chi connectivity index (χ0n) is 12.0. The number of hydrogen-bond donors (Lipinski definition) is 0. The van der Waals surface area contributed by atoms with E-state index in [0.29, 0.717) is 19.8 Å². The number of hydrogen-bond acceptors (Lipinski definition) is 6. The topological polar surface area (TPSA) is 55.4 Å². The van der Waals surface area contributed by atoms with Crippen molar-refractivity contribution in [2.45, 2.75) is 30.4 Å². The van der Waals surface area contributed by atoms with E-state index in [9.17, 15) is 0 Å². The highest BCUT2D eigenvalue weighted by Gasteiger charge is 2.43. The minimum atomic E-state index is -0.537. The van der Waals surface area contributed by atoms with E-state index in [4.69, 9.17) is 36.3 Å². The van der Waals surface area contributed by atoms with Crippen LogP contribution in [0.4, 0.5) is 0 Å². The molecule has 1 saturated heterocycles. The van der Waals surface area contributed by atoms with E-state index in [-0.39, 0.29) is 24.4 Å². The second-order valence-corrected chi connectivity index (χ2v) is 4.41. The predicted molar refractivity (Wildman–Crippen MR) is 69.5 cm³/mol. The maximum atomic E-state index is 5.91. The molecule has 110 valence electrons. The summed E-state index contributed by atoms with van der Waals surface area (Å²) >= 11 is 0. The molecule has 1 unspecified atom stereocenters. The van der Waals surface area contributed by atoms with Gasteiger partial charge in [-0.25, -0.2) is 0 Å². The SMILES string of the molecule is [B][C@@H]1O[C@H](COC)C(OC)[C@@H]1OC[C@H](COC)OC. The Labute approximate surface area is 116 Å². The first kappa shape index (κ1) is 16.9. The Morgan fingerprint density at radius 3 is 2.32 bits per heavy atom. The van der Waals surface area contributed by atoms with Crippen LogP contribution in [0.2, 0.25) is 0 Å². The van der Waals surface area contributed by atoms with Crippen molar-refractivity contribution in [3.8, 4) is 0 Å². The molecule has 19 heavy (non-hydrogen) atoms. The largest absolute Gasteiger partial charge is 0.382 e. The summed E-state index contributed by atoms with van der Waals surface area (Å²) in [5.74, 6) is 0. The minimum Gasteiger partial charge on any atom is -0.382 e. The molecule has 7 heteroatoms. The summed E-state index contributed by atoms with van der Waals surface area (Å²) in [6.45, 7) is 1.24. The maximum Gasteiger partial charge on any atom is 0.113 e. The van der Waals surface area contributed by atoms with Crippen molar-refractivity contribution >= 4 is 7.85 Å². The summed E-state index contributed by atoms with van der Waals surface area (Å²) in [6.07, 6.45) is -0.968. The molecule has 0 amide bonds. The van der Waals surface area contributed by atoms with E-state index in [0.717, 1.165) is 0 Å². The maximum absolute atomic E-state index is 5.91. The second kappa shape index (κ2) is 8.89. The molecule has 5 atom stereocenters. The molecule has 0 saturated carbocycles. The van der Waals surface area contributed by atoms with Crippen LogP contribution in [0.3, 0.4) is 0 Å². The lowest BCUT2D eigenvalue weighted by molar-refractivity contribution is -0.0903. The number of ether oxygens (including phenoxy) is 6. The van der Waals surface area contributed by atoms with Crippen molar-refractivity contribution < 1.29 is 28.4 Å². The highest BCUT2D eigenvalue weighted by Crippen LogP contribution is 2.25. The normalized spacial score (nSPS) is 32.6. The van der Waals surface area contributed by atoms with Crippen LogP contribution < -0.4 is 0 Å². The van der Waals surface area contributed by atoms with Gasteiger partial charge in [-0.15, -0.1) is 0 Å². The van der Waals surface area contributed by atoms with Crippen LogP contribution in [0.1, 0.15) is 0 Å². The van der Waals surface area contributed by atoms with E-state index >= 15 is 0 Å². The van der Waals surface area contributed by atoms with Gasteiger partial charge in [0.15, 0.2) is 0 Å². The average Bonchev–Trinajstić information content (AvgIpc) is 2.70. The Balaban J connectivity index is 2.50. The molecule has 0 bridgehead atoms. The van der Waals surface area contributed by atoms with E-state index in [2.05, 4.69) is 0 Å². The predicted octanol–water partition coefficient (Wildman–Crippen LogP) is -0.412. The third-order valence-corrected chi connectivity index (χ3v) is 3.11. The van der Waals surface area contributed by atoms with Crippen LogP contribution >= 0.6 is 0 Å². The van der Waals surface area contributed by atoms with E-state index in [1.54, 1.807) is 28.4 Å². The Morgan fingerprint density at radius 2 is 1.79 bits per heavy atom. The fourth-order valence-electron chi connectivity index (χ4n) is 2.12. The third-order valence-electron chi connectivity index (χ3n) is 3.11. The van der Waals surface area contributed by atoms with Gasteiger partial charge in [0, 0.05) is 34.4 Å². The minimum absolute atomic E-state index is 0.142. The first-order chi connectivity index (χ1) is 9.17. The smallest absolute Gasteiger partial charge is 0.113 e. The van der Waals surface area contributed by atoms with Gasteiger partial charge in [-0.1, -0.05) is 0 Å². The Bertz CT molecular complexity index is 242. The van der Waals surface area contributed by atoms with Gasteiger partial charge in [0.25, 0.3) is 0 Å². The molecule has 0 aliphatic carbocycles. The summed E-state index contributed by atoms with van der Waals surface area (Å²) in [4.78, 5) is 0. The molecule has 2 radical (unpaired) electrons. The van der Waals surface area contributed by atoms with Gasteiger partial charge in [0.05, 0.1) is 19.8 Å². The lowest BCUT2D eigenvalue weighted by atomic mass is 9.92. The highest BCUT2D eigenvalue weighted by molar-refractivity contribution is 6.11. The van der Waals surface area contributed by atoms with E-state index in [1.807, 2.05) is 0 Å². The second-order valence-electron chi connectivity index (χ2n) is 4.41. The third kappa shape index (κ3) is 4.70. The fraction of sp³-hybridized carbons (Fsp3) is 1.00. The van der Waals surface area contributed by atoms with Crippen molar-refractivity contribution in [2.75, 3.05) is 48.3 Å². The molecule has 1 rings (SSSR count). The summed E-state index contributed by atoms with van der Waals surface area (Å²) in [6, 6.07) is -0.537. The Kier molecular flexibility index (Phi) is 7.90. The van der Waals surface area contributed by atoms with Crippen LogP contribution in [-0.4, -0.2) is 86.5 Å². The molecule has 1 heterocycles. The van der Waals surface area contributed by atoms with E-state index < -0.39 is 6.00 Å².